The molecule has 6 heteroatoms. The summed E-state index contributed by atoms with van der Waals surface area (Å²) < 4.78 is 5.61. The van der Waals surface area contributed by atoms with E-state index < -0.39 is 6.09 Å². The van der Waals surface area contributed by atoms with Crippen molar-refractivity contribution in [1.82, 2.24) is 15.3 Å². The van der Waals surface area contributed by atoms with Crippen molar-refractivity contribution in [1.29, 1.82) is 0 Å². The fourth-order valence-electron chi connectivity index (χ4n) is 1.99. The average Bonchev–Trinajstić information content (AvgIpc) is 2.32. The molecule has 0 radical (unpaired) electrons. The molecular formula is C11H15N3O3. The molecule has 1 amide bonds. The molecule has 92 valence electrons. The summed E-state index contributed by atoms with van der Waals surface area (Å²) in [6.45, 7) is 0. The summed E-state index contributed by atoms with van der Waals surface area (Å²) in [4.78, 5) is 18.5. The minimum atomic E-state index is -0.958. The van der Waals surface area contributed by atoms with Crippen LogP contribution in [0.1, 0.15) is 25.7 Å². The Morgan fingerprint density at radius 3 is 2.53 bits per heavy atom. The van der Waals surface area contributed by atoms with Crippen molar-refractivity contribution in [3.63, 3.8) is 0 Å². The number of amides is 1. The molecule has 1 aromatic heterocycles. The van der Waals surface area contributed by atoms with E-state index in [-0.39, 0.29) is 12.1 Å². The molecule has 2 rings (SSSR count). The van der Waals surface area contributed by atoms with Crippen LogP contribution in [-0.2, 0) is 0 Å². The van der Waals surface area contributed by atoms with Crippen LogP contribution in [0, 0.1) is 0 Å². The molecule has 2 N–H and O–H groups in total. The Kier molecular flexibility index (Phi) is 3.74. The molecule has 0 aromatic carbocycles. The fraction of sp³-hybridized carbons (Fsp3) is 0.545. The highest BCUT2D eigenvalue weighted by molar-refractivity contribution is 5.64. The third kappa shape index (κ3) is 3.58. The van der Waals surface area contributed by atoms with Crippen LogP contribution in [-0.4, -0.2) is 33.3 Å². The molecule has 1 aromatic rings. The normalized spacial score (nSPS) is 24.0. The van der Waals surface area contributed by atoms with Crippen molar-refractivity contribution in [2.45, 2.75) is 37.8 Å². The first kappa shape index (κ1) is 11.6. The largest absolute Gasteiger partial charge is 0.465 e. The molecule has 0 aliphatic heterocycles. The van der Waals surface area contributed by atoms with Crippen molar-refractivity contribution < 1.29 is 14.6 Å². The zero-order chi connectivity index (χ0) is 12.1. The van der Waals surface area contributed by atoms with Gasteiger partial charge in [-0.05, 0) is 31.7 Å². The van der Waals surface area contributed by atoms with Gasteiger partial charge < -0.3 is 15.2 Å². The number of carbonyl (C=O) groups is 1. The molecule has 1 aliphatic rings. The van der Waals surface area contributed by atoms with E-state index in [0.29, 0.717) is 6.01 Å². The van der Waals surface area contributed by atoms with Crippen LogP contribution >= 0.6 is 0 Å². The third-order valence-corrected chi connectivity index (χ3v) is 2.82. The van der Waals surface area contributed by atoms with Crippen molar-refractivity contribution in [2.24, 2.45) is 0 Å². The highest BCUT2D eigenvalue weighted by Gasteiger charge is 2.23. The first-order valence-corrected chi connectivity index (χ1v) is 5.67. The smallest absolute Gasteiger partial charge is 0.404 e. The van der Waals surface area contributed by atoms with Crippen molar-refractivity contribution >= 4 is 6.09 Å². The summed E-state index contributed by atoms with van der Waals surface area (Å²) in [5.41, 5.74) is 0. The summed E-state index contributed by atoms with van der Waals surface area (Å²) in [5, 5.41) is 11.1. The van der Waals surface area contributed by atoms with Gasteiger partial charge in [0.1, 0.15) is 6.10 Å². The lowest BCUT2D eigenvalue weighted by molar-refractivity contribution is 0.124. The second-order valence-corrected chi connectivity index (χ2v) is 4.07. The number of hydrogen-bond donors (Lipinski definition) is 2. The van der Waals surface area contributed by atoms with Crippen molar-refractivity contribution in [2.75, 3.05) is 0 Å². The average molecular weight is 237 g/mol. The predicted octanol–water partition coefficient (Wildman–Crippen LogP) is 1.43. The standard InChI is InChI=1S/C11H15N3O3/c15-11(16)14-8-2-4-9(5-3-8)17-10-12-6-1-7-13-10/h1,6-9,14H,2-5H2,(H,15,16)/t8-,9-. The molecule has 0 saturated heterocycles. The van der Waals surface area contributed by atoms with Gasteiger partial charge in [0.05, 0.1) is 0 Å². The van der Waals surface area contributed by atoms with E-state index in [2.05, 4.69) is 15.3 Å². The highest BCUT2D eigenvalue weighted by atomic mass is 16.5. The molecule has 1 heterocycles. The minimum absolute atomic E-state index is 0.0454. The molecule has 1 fully saturated rings. The van der Waals surface area contributed by atoms with Crippen LogP contribution in [0.2, 0.25) is 0 Å². The van der Waals surface area contributed by atoms with Gasteiger partial charge in [0.25, 0.3) is 0 Å². The molecule has 0 unspecified atom stereocenters. The van der Waals surface area contributed by atoms with E-state index in [0.717, 1.165) is 25.7 Å². The van der Waals surface area contributed by atoms with Crippen molar-refractivity contribution in [3.8, 4) is 6.01 Å². The third-order valence-electron chi connectivity index (χ3n) is 2.82. The second kappa shape index (κ2) is 5.47. The van der Waals surface area contributed by atoms with Crippen molar-refractivity contribution in [3.05, 3.63) is 18.5 Å². The molecule has 1 aliphatic carbocycles. The Morgan fingerprint density at radius 2 is 1.94 bits per heavy atom. The Balaban J connectivity index is 1.78. The number of rotatable bonds is 3. The van der Waals surface area contributed by atoms with Gasteiger partial charge in [0, 0.05) is 18.4 Å². The minimum Gasteiger partial charge on any atom is -0.465 e. The Labute approximate surface area is 99.0 Å². The van der Waals surface area contributed by atoms with E-state index in [1.54, 1.807) is 18.5 Å². The lowest BCUT2D eigenvalue weighted by Gasteiger charge is -2.27. The van der Waals surface area contributed by atoms with E-state index >= 15 is 0 Å². The number of nitrogens with one attached hydrogen (secondary N) is 1. The molecular weight excluding hydrogens is 222 g/mol. The molecule has 0 bridgehead atoms. The topological polar surface area (TPSA) is 84.3 Å². The van der Waals surface area contributed by atoms with Gasteiger partial charge in [-0.1, -0.05) is 0 Å². The number of carboxylic acid groups (broad SMARTS) is 1. The number of hydrogen-bond acceptors (Lipinski definition) is 4. The molecule has 0 atom stereocenters. The summed E-state index contributed by atoms with van der Waals surface area (Å²) in [6.07, 6.45) is 5.64. The lowest BCUT2D eigenvalue weighted by Crippen LogP contribution is -2.39. The summed E-state index contributed by atoms with van der Waals surface area (Å²) >= 11 is 0. The SMILES string of the molecule is O=C(O)N[C@H]1CC[C@H](Oc2ncccn2)CC1. The predicted molar refractivity (Wildman–Crippen MR) is 59.9 cm³/mol. The van der Waals surface area contributed by atoms with E-state index in [4.69, 9.17) is 9.84 Å². The van der Waals surface area contributed by atoms with Crippen LogP contribution in [0.25, 0.3) is 0 Å². The quantitative estimate of drug-likeness (QED) is 0.830. The first-order valence-electron chi connectivity index (χ1n) is 5.67. The van der Waals surface area contributed by atoms with Gasteiger partial charge in [-0.3, -0.25) is 0 Å². The fourth-order valence-corrected chi connectivity index (χ4v) is 1.99. The zero-order valence-corrected chi connectivity index (χ0v) is 9.37. The van der Waals surface area contributed by atoms with Gasteiger partial charge in [-0.2, -0.15) is 0 Å². The first-order chi connectivity index (χ1) is 8.24. The molecule has 0 spiro atoms. The molecule has 17 heavy (non-hydrogen) atoms. The van der Waals surface area contributed by atoms with E-state index in [9.17, 15) is 4.79 Å². The maximum atomic E-state index is 10.5. The maximum Gasteiger partial charge on any atom is 0.404 e. The molecule has 1 saturated carbocycles. The van der Waals surface area contributed by atoms with Crippen LogP contribution in [0.3, 0.4) is 0 Å². The van der Waals surface area contributed by atoms with Crippen LogP contribution in [0.4, 0.5) is 4.79 Å². The van der Waals surface area contributed by atoms with Gasteiger partial charge >= 0.3 is 12.1 Å². The van der Waals surface area contributed by atoms with Gasteiger partial charge in [0.2, 0.25) is 0 Å². The Hall–Kier alpha value is -1.85. The number of aromatic nitrogens is 2. The maximum absolute atomic E-state index is 10.5. The molecule has 6 nitrogen and oxygen atoms in total. The number of nitrogens with zero attached hydrogens (tertiary/aromatic N) is 2. The summed E-state index contributed by atoms with van der Waals surface area (Å²) in [6, 6.07) is 2.17. The Morgan fingerprint density at radius 1 is 1.29 bits per heavy atom. The zero-order valence-electron chi connectivity index (χ0n) is 9.37. The van der Waals surface area contributed by atoms with Crippen LogP contribution < -0.4 is 10.1 Å². The Bertz CT molecular complexity index is 363. The van der Waals surface area contributed by atoms with Gasteiger partial charge in [-0.25, -0.2) is 14.8 Å². The van der Waals surface area contributed by atoms with Crippen LogP contribution in [0.5, 0.6) is 6.01 Å². The van der Waals surface area contributed by atoms with Gasteiger partial charge in [0.15, 0.2) is 0 Å². The lowest BCUT2D eigenvalue weighted by atomic mass is 9.93. The number of ether oxygens (including phenoxy) is 1. The van der Waals surface area contributed by atoms with Crippen LogP contribution in [0.15, 0.2) is 18.5 Å². The summed E-state index contributed by atoms with van der Waals surface area (Å²) in [5.74, 6) is 0. The highest BCUT2D eigenvalue weighted by Crippen LogP contribution is 2.21. The van der Waals surface area contributed by atoms with E-state index in [1.165, 1.54) is 0 Å². The van der Waals surface area contributed by atoms with Gasteiger partial charge in [-0.15, -0.1) is 0 Å². The summed E-state index contributed by atoms with van der Waals surface area (Å²) in [7, 11) is 0. The second-order valence-electron chi connectivity index (χ2n) is 4.07. The van der Waals surface area contributed by atoms with E-state index in [1.807, 2.05) is 0 Å². The monoisotopic (exact) mass is 237 g/mol.